The maximum absolute atomic E-state index is 12.5. The Bertz CT molecular complexity index is 700. The molecule has 2 aromatic rings. The second kappa shape index (κ2) is 8.02. The van der Waals surface area contributed by atoms with Crippen LogP contribution in [0, 0.1) is 0 Å². The van der Waals surface area contributed by atoms with E-state index >= 15 is 0 Å². The Morgan fingerprint density at radius 1 is 1.08 bits per heavy atom. The molecule has 126 valence electrons. The molecule has 1 heterocycles. The predicted octanol–water partition coefficient (Wildman–Crippen LogP) is 4.56. The molecule has 0 bridgehead atoms. The van der Waals surface area contributed by atoms with Crippen LogP contribution in [0.4, 0.5) is 0 Å². The zero-order chi connectivity index (χ0) is 16.9. The van der Waals surface area contributed by atoms with Crippen molar-refractivity contribution in [2.45, 2.75) is 18.9 Å². The Hall–Kier alpha value is -1.55. The Balaban J connectivity index is 1.72. The zero-order valence-electron chi connectivity index (χ0n) is 13.3. The number of carbonyl (C=O) groups is 1. The van der Waals surface area contributed by atoms with Gasteiger partial charge in [-0.1, -0.05) is 53.5 Å². The van der Waals surface area contributed by atoms with Gasteiger partial charge in [-0.25, -0.2) is 0 Å². The van der Waals surface area contributed by atoms with E-state index in [1.807, 2.05) is 18.2 Å². The highest BCUT2D eigenvalue weighted by Crippen LogP contribution is 2.25. The molecule has 1 fully saturated rings. The molecule has 0 saturated carbocycles. The minimum absolute atomic E-state index is 0.170. The van der Waals surface area contributed by atoms with E-state index in [2.05, 4.69) is 22.3 Å². The first kappa shape index (κ1) is 17.3. The highest BCUT2D eigenvalue weighted by Gasteiger charge is 2.24. The molecule has 5 heteroatoms. The maximum atomic E-state index is 12.5. The summed E-state index contributed by atoms with van der Waals surface area (Å²) in [4.78, 5) is 14.9. The number of likely N-dealkylation sites (tertiary alicyclic amines) is 1. The summed E-state index contributed by atoms with van der Waals surface area (Å²) in [6.45, 7) is 2.69. The van der Waals surface area contributed by atoms with Crippen molar-refractivity contribution in [3.8, 4) is 0 Å². The molecule has 1 atom stereocenters. The molecule has 1 saturated heterocycles. The average molecular weight is 363 g/mol. The topological polar surface area (TPSA) is 32.3 Å². The number of benzene rings is 2. The van der Waals surface area contributed by atoms with Gasteiger partial charge in [-0.2, -0.15) is 0 Å². The van der Waals surface area contributed by atoms with Crippen LogP contribution in [0.15, 0.2) is 48.5 Å². The fourth-order valence-corrected chi connectivity index (χ4v) is 3.64. The van der Waals surface area contributed by atoms with Gasteiger partial charge in [0.25, 0.3) is 5.91 Å². The third kappa shape index (κ3) is 4.10. The van der Waals surface area contributed by atoms with E-state index in [1.54, 1.807) is 18.2 Å². The first-order valence-electron chi connectivity index (χ1n) is 8.17. The van der Waals surface area contributed by atoms with E-state index in [1.165, 1.54) is 18.4 Å². The number of hydrogen-bond donors (Lipinski definition) is 1. The van der Waals surface area contributed by atoms with E-state index in [9.17, 15) is 4.79 Å². The van der Waals surface area contributed by atoms with Gasteiger partial charge in [0, 0.05) is 11.6 Å². The van der Waals surface area contributed by atoms with Crippen molar-refractivity contribution < 1.29 is 4.79 Å². The summed E-state index contributed by atoms with van der Waals surface area (Å²) in [5, 5.41) is 3.92. The van der Waals surface area contributed by atoms with Crippen LogP contribution in [0.25, 0.3) is 0 Å². The first-order chi connectivity index (χ1) is 11.6. The fourth-order valence-electron chi connectivity index (χ4n) is 3.14. The lowest BCUT2D eigenvalue weighted by Gasteiger charge is -2.28. The standard InChI is InChI=1S/C19H20Cl2N2O/c20-15-8-9-16(17(21)12-15)19(24)22-13-18(23-10-4-5-11-23)14-6-2-1-3-7-14/h1-3,6-9,12,18H,4-5,10-11,13H2,(H,22,24). The van der Waals surface area contributed by atoms with E-state index in [0.717, 1.165) is 13.1 Å². The maximum Gasteiger partial charge on any atom is 0.252 e. The molecule has 1 aliphatic rings. The molecular formula is C19H20Cl2N2O. The summed E-state index contributed by atoms with van der Waals surface area (Å²) in [7, 11) is 0. The van der Waals surface area contributed by atoms with Crippen LogP contribution in [-0.4, -0.2) is 30.4 Å². The summed E-state index contributed by atoms with van der Waals surface area (Å²) in [5.41, 5.74) is 1.68. The molecule has 1 unspecified atom stereocenters. The molecule has 1 aliphatic heterocycles. The van der Waals surface area contributed by atoms with E-state index in [-0.39, 0.29) is 11.9 Å². The number of amides is 1. The van der Waals surface area contributed by atoms with Gasteiger partial charge in [-0.3, -0.25) is 9.69 Å². The third-order valence-corrected chi connectivity index (χ3v) is 4.95. The molecule has 1 amide bonds. The number of nitrogens with zero attached hydrogens (tertiary/aromatic N) is 1. The van der Waals surface area contributed by atoms with Gasteiger partial charge in [-0.05, 0) is 49.7 Å². The average Bonchev–Trinajstić information content (AvgIpc) is 3.10. The second-order valence-corrected chi connectivity index (χ2v) is 6.85. The van der Waals surface area contributed by atoms with E-state index in [4.69, 9.17) is 23.2 Å². The summed E-state index contributed by atoms with van der Waals surface area (Å²) in [6.07, 6.45) is 2.42. The van der Waals surface area contributed by atoms with E-state index < -0.39 is 0 Å². The SMILES string of the molecule is O=C(NCC(c1ccccc1)N1CCCC1)c1ccc(Cl)cc1Cl. The minimum atomic E-state index is -0.170. The Morgan fingerprint density at radius 3 is 2.46 bits per heavy atom. The molecule has 24 heavy (non-hydrogen) atoms. The number of rotatable bonds is 5. The van der Waals surface area contributed by atoms with E-state index in [0.29, 0.717) is 22.2 Å². The monoisotopic (exact) mass is 362 g/mol. The molecule has 1 N–H and O–H groups in total. The Morgan fingerprint density at radius 2 is 1.79 bits per heavy atom. The first-order valence-corrected chi connectivity index (χ1v) is 8.93. The van der Waals surface area contributed by atoms with Gasteiger partial charge >= 0.3 is 0 Å². The largest absolute Gasteiger partial charge is 0.350 e. The normalized spacial score (nSPS) is 16.1. The smallest absolute Gasteiger partial charge is 0.252 e. The number of carbonyl (C=O) groups excluding carboxylic acids is 1. The molecule has 0 spiro atoms. The molecule has 0 radical (unpaired) electrons. The van der Waals surface area contributed by atoms with Crippen LogP contribution in [0.5, 0.6) is 0 Å². The van der Waals surface area contributed by atoms with Crippen molar-refractivity contribution in [3.05, 3.63) is 69.7 Å². The van der Waals surface area contributed by atoms with Crippen molar-refractivity contribution in [1.29, 1.82) is 0 Å². The van der Waals surface area contributed by atoms with Crippen LogP contribution >= 0.6 is 23.2 Å². The second-order valence-electron chi connectivity index (χ2n) is 6.00. The van der Waals surface area contributed by atoms with Crippen molar-refractivity contribution >= 4 is 29.1 Å². The third-order valence-electron chi connectivity index (χ3n) is 4.40. The number of nitrogens with one attached hydrogen (secondary N) is 1. The highest BCUT2D eigenvalue weighted by molar-refractivity contribution is 6.36. The van der Waals surface area contributed by atoms with Crippen molar-refractivity contribution in [2.75, 3.05) is 19.6 Å². The van der Waals surface area contributed by atoms with Gasteiger partial charge < -0.3 is 5.32 Å². The Kier molecular flexibility index (Phi) is 5.77. The minimum Gasteiger partial charge on any atom is -0.350 e. The van der Waals surface area contributed by atoms with Gasteiger partial charge in [0.1, 0.15) is 0 Å². The van der Waals surface area contributed by atoms with Crippen LogP contribution in [0.2, 0.25) is 10.0 Å². The van der Waals surface area contributed by atoms with Gasteiger partial charge in [0.2, 0.25) is 0 Å². The van der Waals surface area contributed by atoms with Gasteiger partial charge in [-0.15, -0.1) is 0 Å². The summed E-state index contributed by atoms with van der Waals surface area (Å²) in [5.74, 6) is -0.170. The summed E-state index contributed by atoms with van der Waals surface area (Å²) in [6, 6.07) is 15.4. The Labute approximate surface area is 152 Å². The molecule has 0 aromatic heterocycles. The van der Waals surface area contributed by atoms with Crippen LogP contribution in [0.1, 0.15) is 34.8 Å². The highest BCUT2D eigenvalue weighted by atomic mass is 35.5. The lowest BCUT2D eigenvalue weighted by atomic mass is 10.1. The fraction of sp³-hybridized carbons (Fsp3) is 0.316. The molecule has 0 aliphatic carbocycles. The van der Waals surface area contributed by atoms with Crippen molar-refractivity contribution in [3.63, 3.8) is 0 Å². The lowest BCUT2D eigenvalue weighted by Crippen LogP contribution is -2.36. The van der Waals surface area contributed by atoms with Crippen molar-refractivity contribution in [2.24, 2.45) is 0 Å². The summed E-state index contributed by atoms with van der Waals surface area (Å²) < 4.78 is 0. The van der Waals surface area contributed by atoms with Gasteiger partial charge in [0.15, 0.2) is 0 Å². The van der Waals surface area contributed by atoms with Crippen LogP contribution in [0.3, 0.4) is 0 Å². The predicted molar refractivity (Wildman–Crippen MR) is 98.8 cm³/mol. The van der Waals surface area contributed by atoms with Gasteiger partial charge in [0.05, 0.1) is 16.6 Å². The lowest BCUT2D eigenvalue weighted by molar-refractivity contribution is 0.0938. The van der Waals surface area contributed by atoms with Crippen LogP contribution in [-0.2, 0) is 0 Å². The molecule has 2 aromatic carbocycles. The molecular weight excluding hydrogens is 343 g/mol. The van der Waals surface area contributed by atoms with Crippen LogP contribution < -0.4 is 5.32 Å². The molecule has 3 nitrogen and oxygen atoms in total. The molecule has 3 rings (SSSR count). The summed E-state index contributed by atoms with van der Waals surface area (Å²) >= 11 is 12.0. The quantitative estimate of drug-likeness (QED) is 0.845. The number of halogens is 2. The number of hydrogen-bond acceptors (Lipinski definition) is 2. The van der Waals surface area contributed by atoms with Crippen molar-refractivity contribution in [1.82, 2.24) is 10.2 Å². The zero-order valence-corrected chi connectivity index (χ0v) is 14.9.